The molecule has 0 spiro atoms. The van der Waals surface area contributed by atoms with Crippen LogP contribution in [0.25, 0.3) is 0 Å². The fraction of sp³-hybridized carbons (Fsp3) is 0.423. The summed E-state index contributed by atoms with van der Waals surface area (Å²) in [5.41, 5.74) is 4.09. The number of benzene rings is 2. The standard InChI is InChI=1S/C26H32BrN5O3S/c27-23-6-7-26-22(15-23)17-32(36(33,34)13-10-30-8-11-35-12-9-30)25(14-21-4-2-1-3-5-21)19-31(26)18-24-16-28-20-29-24/h1-7,15-16,20,25H,8-14,17-19H2,(H,28,29)/t25-/m1/s1. The van der Waals surface area contributed by atoms with Crippen molar-refractivity contribution in [1.82, 2.24) is 19.2 Å². The lowest BCUT2D eigenvalue weighted by Gasteiger charge is -2.33. The van der Waals surface area contributed by atoms with Crippen molar-refractivity contribution in [3.63, 3.8) is 0 Å². The molecule has 1 fully saturated rings. The second-order valence-electron chi connectivity index (χ2n) is 9.37. The Kier molecular flexibility index (Phi) is 8.07. The fourth-order valence-corrected chi connectivity index (χ4v) is 7.08. The Labute approximate surface area is 221 Å². The van der Waals surface area contributed by atoms with Crippen molar-refractivity contribution in [3.8, 4) is 0 Å². The zero-order chi connectivity index (χ0) is 25.0. The minimum Gasteiger partial charge on any atom is -0.379 e. The first-order valence-electron chi connectivity index (χ1n) is 12.3. The van der Waals surface area contributed by atoms with E-state index in [1.54, 1.807) is 10.6 Å². The molecule has 0 radical (unpaired) electrons. The molecule has 3 heterocycles. The van der Waals surface area contributed by atoms with E-state index in [-0.39, 0.29) is 11.8 Å². The van der Waals surface area contributed by atoms with Crippen LogP contribution in [0.4, 0.5) is 5.69 Å². The second-order valence-corrected chi connectivity index (χ2v) is 12.3. The van der Waals surface area contributed by atoms with E-state index in [1.807, 2.05) is 36.5 Å². The number of aromatic amines is 1. The smallest absolute Gasteiger partial charge is 0.215 e. The minimum atomic E-state index is -3.53. The summed E-state index contributed by atoms with van der Waals surface area (Å²) >= 11 is 3.60. The summed E-state index contributed by atoms with van der Waals surface area (Å²) in [6, 6.07) is 16.1. The number of imidazole rings is 1. The zero-order valence-electron chi connectivity index (χ0n) is 20.2. The quantitative estimate of drug-likeness (QED) is 0.445. The molecule has 0 unspecified atom stereocenters. The highest BCUT2D eigenvalue weighted by Crippen LogP contribution is 2.33. The molecule has 1 saturated heterocycles. The Balaban J connectivity index is 1.48. The fourth-order valence-electron chi connectivity index (χ4n) is 5.02. The number of hydrogen-bond donors (Lipinski definition) is 1. The first kappa shape index (κ1) is 25.4. The van der Waals surface area contributed by atoms with E-state index in [1.165, 1.54) is 0 Å². The van der Waals surface area contributed by atoms with Crippen LogP contribution in [0.2, 0.25) is 0 Å². The lowest BCUT2D eigenvalue weighted by atomic mass is 10.1. The largest absolute Gasteiger partial charge is 0.379 e. The molecule has 192 valence electrons. The van der Waals surface area contributed by atoms with Gasteiger partial charge in [-0.25, -0.2) is 13.4 Å². The van der Waals surface area contributed by atoms with E-state index in [0.29, 0.717) is 45.8 Å². The Morgan fingerprint density at radius 3 is 2.67 bits per heavy atom. The van der Waals surface area contributed by atoms with Crippen molar-refractivity contribution in [3.05, 3.63) is 82.3 Å². The molecule has 8 nitrogen and oxygen atoms in total. The summed E-state index contributed by atoms with van der Waals surface area (Å²) < 4.78 is 36.0. The van der Waals surface area contributed by atoms with E-state index in [2.05, 4.69) is 53.9 Å². The Hall–Kier alpha value is -2.24. The van der Waals surface area contributed by atoms with Crippen LogP contribution in [0.3, 0.4) is 0 Å². The van der Waals surface area contributed by atoms with Gasteiger partial charge in [0, 0.05) is 55.1 Å². The molecule has 36 heavy (non-hydrogen) atoms. The van der Waals surface area contributed by atoms with E-state index >= 15 is 0 Å². The molecular weight excluding hydrogens is 542 g/mol. The van der Waals surface area contributed by atoms with Gasteiger partial charge in [0.2, 0.25) is 10.0 Å². The highest BCUT2D eigenvalue weighted by molar-refractivity contribution is 9.10. The number of fused-ring (bicyclic) bond motifs is 1. The first-order chi connectivity index (χ1) is 17.5. The highest BCUT2D eigenvalue weighted by atomic mass is 79.9. The van der Waals surface area contributed by atoms with E-state index in [0.717, 1.165) is 40.1 Å². The molecule has 0 bridgehead atoms. The molecular formula is C26H32BrN5O3S. The monoisotopic (exact) mass is 573 g/mol. The zero-order valence-corrected chi connectivity index (χ0v) is 22.6. The molecule has 2 aliphatic heterocycles. The number of nitrogens with zero attached hydrogens (tertiary/aromatic N) is 4. The van der Waals surface area contributed by atoms with Crippen LogP contribution >= 0.6 is 15.9 Å². The molecule has 2 aliphatic rings. The van der Waals surface area contributed by atoms with Crippen LogP contribution in [0.5, 0.6) is 0 Å². The molecule has 2 aromatic carbocycles. The van der Waals surface area contributed by atoms with E-state index in [9.17, 15) is 8.42 Å². The molecule has 5 rings (SSSR count). The van der Waals surface area contributed by atoms with Crippen molar-refractivity contribution in [1.29, 1.82) is 0 Å². The highest BCUT2D eigenvalue weighted by Gasteiger charge is 2.36. The van der Waals surface area contributed by atoms with Crippen LogP contribution in [-0.2, 0) is 34.3 Å². The number of morpholine rings is 1. The van der Waals surface area contributed by atoms with Gasteiger partial charge >= 0.3 is 0 Å². The van der Waals surface area contributed by atoms with Crippen LogP contribution < -0.4 is 4.90 Å². The predicted octanol–water partition coefficient (Wildman–Crippen LogP) is 3.27. The summed E-state index contributed by atoms with van der Waals surface area (Å²) in [7, 11) is -3.53. The maximum Gasteiger partial charge on any atom is 0.215 e. The predicted molar refractivity (Wildman–Crippen MR) is 144 cm³/mol. The molecule has 3 aromatic rings. The number of ether oxygens (including phenoxy) is 1. The molecule has 0 amide bonds. The Bertz CT molecular complexity index is 1230. The number of aromatic nitrogens is 2. The van der Waals surface area contributed by atoms with Gasteiger partial charge in [-0.15, -0.1) is 0 Å². The van der Waals surface area contributed by atoms with Crippen LogP contribution in [0.15, 0.2) is 65.5 Å². The first-order valence-corrected chi connectivity index (χ1v) is 14.7. The Morgan fingerprint density at radius 2 is 1.92 bits per heavy atom. The number of halogens is 1. The van der Waals surface area contributed by atoms with Crippen molar-refractivity contribution in [2.24, 2.45) is 0 Å². The molecule has 1 atom stereocenters. The van der Waals surface area contributed by atoms with Crippen molar-refractivity contribution >= 4 is 31.6 Å². The number of H-pyrrole nitrogens is 1. The van der Waals surface area contributed by atoms with Gasteiger partial charge in [-0.05, 0) is 35.7 Å². The average Bonchev–Trinajstić information content (AvgIpc) is 3.34. The lowest BCUT2D eigenvalue weighted by molar-refractivity contribution is 0.0406. The van der Waals surface area contributed by atoms with Gasteiger partial charge in [0.15, 0.2) is 0 Å². The lowest BCUT2D eigenvalue weighted by Crippen LogP contribution is -2.48. The summed E-state index contributed by atoms with van der Waals surface area (Å²) in [6.07, 6.45) is 4.22. The average molecular weight is 575 g/mol. The third-order valence-electron chi connectivity index (χ3n) is 6.90. The number of hydrogen-bond acceptors (Lipinski definition) is 6. The van der Waals surface area contributed by atoms with Crippen LogP contribution in [0.1, 0.15) is 16.8 Å². The number of nitrogens with one attached hydrogen (secondary N) is 1. The molecule has 0 saturated carbocycles. The van der Waals surface area contributed by atoms with Gasteiger partial charge in [0.05, 0.1) is 37.5 Å². The third-order valence-corrected chi connectivity index (χ3v) is 9.23. The van der Waals surface area contributed by atoms with Crippen molar-refractivity contribution in [2.75, 3.05) is 50.0 Å². The van der Waals surface area contributed by atoms with Gasteiger partial charge in [-0.1, -0.05) is 46.3 Å². The SMILES string of the molecule is O=S(=O)(CCN1CCOCC1)N1Cc2cc(Br)ccc2N(Cc2c[nH]cn2)C[C@H]1Cc1ccccc1. The summed E-state index contributed by atoms with van der Waals surface area (Å²) in [5, 5.41) is 0. The third kappa shape index (κ3) is 6.18. The number of anilines is 1. The van der Waals surface area contributed by atoms with Crippen LogP contribution in [-0.4, -0.2) is 78.8 Å². The molecule has 10 heteroatoms. The van der Waals surface area contributed by atoms with Gasteiger partial charge in [0.25, 0.3) is 0 Å². The molecule has 0 aliphatic carbocycles. The summed E-state index contributed by atoms with van der Waals surface area (Å²) in [6.45, 7) is 4.90. The van der Waals surface area contributed by atoms with Crippen molar-refractivity contribution in [2.45, 2.75) is 25.6 Å². The topological polar surface area (TPSA) is 81.8 Å². The number of sulfonamides is 1. The van der Waals surface area contributed by atoms with E-state index in [4.69, 9.17) is 4.74 Å². The second kappa shape index (κ2) is 11.4. The van der Waals surface area contributed by atoms with Gasteiger partial charge in [-0.2, -0.15) is 4.31 Å². The minimum absolute atomic E-state index is 0.0982. The molecule has 1 N–H and O–H groups in total. The summed E-state index contributed by atoms with van der Waals surface area (Å²) in [5.74, 6) is 0.0982. The summed E-state index contributed by atoms with van der Waals surface area (Å²) in [4.78, 5) is 11.9. The van der Waals surface area contributed by atoms with Gasteiger partial charge in [-0.3, -0.25) is 4.90 Å². The van der Waals surface area contributed by atoms with Crippen molar-refractivity contribution < 1.29 is 13.2 Å². The van der Waals surface area contributed by atoms with Crippen LogP contribution in [0, 0.1) is 0 Å². The van der Waals surface area contributed by atoms with Gasteiger partial charge in [0.1, 0.15) is 0 Å². The Morgan fingerprint density at radius 1 is 1.11 bits per heavy atom. The van der Waals surface area contributed by atoms with E-state index < -0.39 is 10.0 Å². The normalized spacial score (nSPS) is 19.7. The maximum absolute atomic E-state index is 13.9. The van der Waals surface area contributed by atoms with Gasteiger partial charge < -0.3 is 14.6 Å². The molecule has 1 aromatic heterocycles. The number of rotatable bonds is 8. The maximum atomic E-state index is 13.9.